The highest BCUT2D eigenvalue weighted by atomic mass is 16.2. The number of carbonyl (C=O) groups excluding carboxylic acids is 1. The van der Waals surface area contributed by atoms with E-state index in [4.69, 9.17) is 0 Å². The minimum absolute atomic E-state index is 0.184. The van der Waals surface area contributed by atoms with Gasteiger partial charge in [0.1, 0.15) is 0 Å². The van der Waals surface area contributed by atoms with Crippen molar-refractivity contribution in [2.24, 2.45) is 0 Å². The minimum Gasteiger partial charge on any atom is -0.336 e. The normalized spacial score (nSPS) is 20.3. The molecule has 1 saturated heterocycles. The van der Waals surface area contributed by atoms with E-state index in [0.29, 0.717) is 6.42 Å². The molecular formula is C19H25N5O. The van der Waals surface area contributed by atoms with E-state index in [1.807, 2.05) is 17.2 Å². The highest BCUT2D eigenvalue weighted by molar-refractivity contribution is 5.77. The van der Waals surface area contributed by atoms with E-state index in [2.05, 4.69) is 32.2 Å². The van der Waals surface area contributed by atoms with Crippen LogP contribution < -0.4 is 5.32 Å². The molecule has 2 aliphatic heterocycles. The van der Waals surface area contributed by atoms with E-state index in [9.17, 15) is 4.79 Å². The Morgan fingerprint density at radius 2 is 2.28 bits per heavy atom. The number of nitrogens with zero attached hydrogens (tertiary/aromatic N) is 4. The second-order valence-electron chi connectivity index (χ2n) is 6.91. The van der Waals surface area contributed by atoms with Crippen molar-refractivity contribution < 1.29 is 4.79 Å². The molecule has 132 valence electrons. The van der Waals surface area contributed by atoms with Gasteiger partial charge in [-0.25, -0.2) is 0 Å². The third-order valence-electron chi connectivity index (χ3n) is 5.18. The molecule has 2 aromatic rings. The van der Waals surface area contributed by atoms with E-state index < -0.39 is 0 Å². The molecule has 6 nitrogen and oxygen atoms in total. The average molecular weight is 339 g/mol. The Morgan fingerprint density at radius 3 is 3.16 bits per heavy atom. The number of nitrogens with one attached hydrogen (secondary N) is 1. The van der Waals surface area contributed by atoms with E-state index in [-0.39, 0.29) is 11.9 Å². The zero-order valence-electron chi connectivity index (χ0n) is 14.5. The van der Waals surface area contributed by atoms with Crippen LogP contribution in [0.5, 0.6) is 0 Å². The van der Waals surface area contributed by atoms with E-state index in [0.717, 1.165) is 63.1 Å². The summed E-state index contributed by atoms with van der Waals surface area (Å²) in [4.78, 5) is 19.0. The van der Waals surface area contributed by atoms with Gasteiger partial charge < -0.3 is 10.2 Å². The smallest absolute Gasteiger partial charge is 0.223 e. The van der Waals surface area contributed by atoms with Crippen molar-refractivity contribution in [1.29, 1.82) is 0 Å². The third-order valence-corrected chi connectivity index (χ3v) is 5.18. The molecule has 4 heterocycles. The number of hydrogen-bond acceptors (Lipinski definition) is 4. The van der Waals surface area contributed by atoms with Gasteiger partial charge >= 0.3 is 0 Å². The molecule has 1 amide bonds. The molecule has 1 N–H and O–H groups in total. The molecule has 25 heavy (non-hydrogen) atoms. The molecule has 1 fully saturated rings. The maximum Gasteiger partial charge on any atom is 0.223 e. The third kappa shape index (κ3) is 3.58. The summed E-state index contributed by atoms with van der Waals surface area (Å²) in [6, 6.07) is 6.35. The van der Waals surface area contributed by atoms with Crippen molar-refractivity contribution in [1.82, 2.24) is 25.0 Å². The van der Waals surface area contributed by atoms with Crippen molar-refractivity contribution >= 4 is 5.91 Å². The van der Waals surface area contributed by atoms with Gasteiger partial charge in [0.2, 0.25) is 5.91 Å². The first kappa shape index (κ1) is 16.3. The lowest BCUT2D eigenvalue weighted by Gasteiger charge is -2.24. The summed E-state index contributed by atoms with van der Waals surface area (Å²) in [5, 5.41) is 8.09. The topological polar surface area (TPSA) is 63.1 Å². The number of carbonyl (C=O) groups is 1. The molecule has 4 rings (SSSR count). The Kier molecular flexibility index (Phi) is 4.78. The molecule has 0 aliphatic carbocycles. The number of amides is 1. The molecule has 0 bridgehead atoms. The van der Waals surface area contributed by atoms with Crippen LogP contribution in [0.4, 0.5) is 0 Å². The lowest BCUT2D eigenvalue weighted by Crippen LogP contribution is -2.30. The second kappa shape index (κ2) is 7.35. The first-order chi connectivity index (χ1) is 12.3. The molecule has 0 radical (unpaired) electrons. The molecule has 2 aliphatic rings. The first-order valence-corrected chi connectivity index (χ1v) is 9.27. The Bertz CT molecular complexity index is 703. The lowest BCUT2D eigenvalue weighted by atomic mass is 10.1. The van der Waals surface area contributed by atoms with Gasteiger partial charge in [-0.05, 0) is 43.5 Å². The molecule has 0 aromatic carbocycles. The molecule has 2 aromatic heterocycles. The standard InChI is InChI=1S/C19H25N5O/c25-19(23-10-2-5-18(23)15-4-1-8-20-13-15)7-6-16-12-17-14-21-9-3-11-24(17)22-16/h1,4,8,12-13,18,21H,2-3,5-7,9-11,14H2. The van der Waals surface area contributed by atoms with Crippen LogP contribution in [-0.2, 0) is 24.3 Å². The second-order valence-corrected chi connectivity index (χ2v) is 6.91. The molecule has 6 heteroatoms. The van der Waals surface area contributed by atoms with Gasteiger partial charge in [0, 0.05) is 44.9 Å². The molecule has 0 spiro atoms. The predicted octanol–water partition coefficient (Wildman–Crippen LogP) is 2.07. The van der Waals surface area contributed by atoms with Gasteiger partial charge in [-0.15, -0.1) is 0 Å². The zero-order valence-corrected chi connectivity index (χ0v) is 14.5. The molecule has 1 unspecified atom stereocenters. The quantitative estimate of drug-likeness (QED) is 0.926. The Morgan fingerprint density at radius 1 is 1.32 bits per heavy atom. The van der Waals surface area contributed by atoms with Gasteiger partial charge in [0.15, 0.2) is 0 Å². The van der Waals surface area contributed by atoms with Gasteiger partial charge in [-0.2, -0.15) is 5.10 Å². The maximum atomic E-state index is 12.8. The van der Waals surface area contributed by atoms with Crippen LogP contribution in [-0.4, -0.2) is 38.7 Å². The highest BCUT2D eigenvalue weighted by Gasteiger charge is 2.29. The van der Waals surface area contributed by atoms with Crippen LogP contribution in [0.3, 0.4) is 0 Å². The number of aryl methyl sites for hydroxylation is 2. The monoisotopic (exact) mass is 339 g/mol. The maximum absolute atomic E-state index is 12.8. The molecule has 1 atom stereocenters. The number of likely N-dealkylation sites (tertiary alicyclic amines) is 1. The van der Waals surface area contributed by atoms with Crippen LogP contribution >= 0.6 is 0 Å². The number of rotatable bonds is 4. The van der Waals surface area contributed by atoms with Crippen LogP contribution in [0.1, 0.15) is 48.7 Å². The van der Waals surface area contributed by atoms with Crippen molar-refractivity contribution in [2.45, 2.75) is 51.2 Å². The Labute approximate surface area is 148 Å². The van der Waals surface area contributed by atoms with Crippen molar-refractivity contribution in [2.75, 3.05) is 13.1 Å². The van der Waals surface area contributed by atoms with Gasteiger partial charge in [0.05, 0.1) is 17.4 Å². The predicted molar refractivity (Wildman–Crippen MR) is 94.8 cm³/mol. The van der Waals surface area contributed by atoms with Crippen molar-refractivity contribution in [3.63, 3.8) is 0 Å². The number of hydrogen-bond donors (Lipinski definition) is 1. The minimum atomic E-state index is 0.184. The van der Waals surface area contributed by atoms with Crippen LogP contribution in [0.2, 0.25) is 0 Å². The summed E-state index contributed by atoms with van der Waals surface area (Å²) >= 11 is 0. The number of pyridine rings is 1. The van der Waals surface area contributed by atoms with Crippen molar-refractivity contribution in [3.8, 4) is 0 Å². The summed E-state index contributed by atoms with van der Waals surface area (Å²) in [5.41, 5.74) is 3.41. The first-order valence-electron chi connectivity index (χ1n) is 9.27. The largest absolute Gasteiger partial charge is 0.336 e. The van der Waals surface area contributed by atoms with Crippen LogP contribution in [0, 0.1) is 0 Å². The van der Waals surface area contributed by atoms with Gasteiger partial charge in [-0.1, -0.05) is 6.07 Å². The number of fused-ring (bicyclic) bond motifs is 1. The molecular weight excluding hydrogens is 314 g/mol. The molecule has 0 saturated carbocycles. The summed E-state index contributed by atoms with van der Waals surface area (Å²) in [6.45, 7) is 3.73. The fourth-order valence-corrected chi connectivity index (χ4v) is 3.91. The SMILES string of the molecule is O=C(CCc1cc2n(n1)CCCNC2)N1CCCC1c1cccnc1. The fourth-order valence-electron chi connectivity index (χ4n) is 3.91. The van der Waals surface area contributed by atoms with Crippen molar-refractivity contribution in [3.05, 3.63) is 47.5 Å². The summed E-state index contributed by atoms with van der Waals surface area (Å²) in [5.74, 6) is 0.229. The Balaban J connectivity index is 1.39. The van der Waals surface area contributed by atoms with Gasteiger partial charge in [0.25, 0.3) is 0 Å². The zero-order chi connectivity index (χ0) is 17.1. The highest BCUT2D eigenvalue weighted by Crippen LogP contribution is 2.32. The fraction of sp³-hybridized carbons (Fsp3) is 0.526. The summed E-state index contributed by atoms with van der Waals surface area (Å²) in [6.07, 6.45) is 8.11. The van der Waals surface area contributed by atoms with E-state index in [1.165, 1.54) is 5.69 Å². The van der Waals surface area contributed by atoms with Crippen LogP contribution in [0.15, 0.2) is 30.6 Å². The number of aromatic nitrogens is 3. The van der Waals surface area contributed by atoms with E-state index >= 15 is 0 Å². The average Bonchev–Trinajstić information content (AvgIpc) is 3.23. The lowest BCUT2D eigenvalue weighted by molar-refractivity contribution is -0.132. The van der Waals surface area contributed by atoms with Gasteiger partial charge in [-0.3, -0.25) is 14.5 Å². The van der Waals surface area contributed by atoms with E-state index in [1.54, 1.807) is 6.20 Å². The van der Waals surface area contributed by atoms with Crippen LogP contribution in [0.25, 0.3) is 0 Å². The summed E-state index contributed by atoms with van der Waals surface area (Å²) < 4.78 is 2.09. The Hall–Kier alpha value is -2.21. The summed E-state index contributed by atoms with van der Waals surface area (Å²) in [7, 11) is 0.